The Morgan fingerprint density at radius 2 is 2.30 bits per heavy atom. The third kappa shape index (κ3) is 4.30. The van der Waals surface area contributed by atoms with Crippen LogP contribution >= 0.6 is 0 Å². The van der Waals surface area contributed by atoms with Crippen LogP contribution in [0, 0.1) is 5.53 Å². The minimum absolute atomic E-state index is 0.0527. The molecule has 0 radical (unpaired) electrons. The summed E-state index contributed by atoms with van der Waals surface area (Å²) in [7, 11) is 0. The van der Waals surface area contributed by atoms with Gasteiger partial charge in [0.15, 0.2) is 5.82 Å². The van der Waals surface area contributed by atoms with Gasteiger partial charge in [0.25, 0.3) is 0 Å². The van der Waals surface area contributed by atoms with Gasteiger partial charge in [-0.2, -0.15) is 0 Å². The van der Waals surface area contributed by atoms with Crippen molar-refractivity contribution in [1.82, 2.24) is 19.9 Å². The Labute approximate surface area is 154 Å². The fourth-order valence-corrected chi connectivity index (χ4v) is 2.43. The highest BCUT2D eigenvalue weighted by Crippen LogP contribution is 2.23. The van der Waals surface area contributed by atoms with Crippen molar-refractivity contribution in [2.45, 2.75) is 6.54 Å². The highest BCUT2D eigenvalue weighted by molar-refractivity contribution is 6.08. The van der Waals surface area contributed by atoms with Crippen LogP contribution in [0.15, 0.2) is 46.9 Å². The first-order valence-corrected chi connectivity index (χ1v) is 8.19. The summed E-state index contributed by atoms with van der Waals surface area (Å²) in [4.78, 5) is 20.1. The molecule has 6 N–H and O–H groups in total. The van der Waals surface area contributed by atoms with Crippen LogP contribution in [-0.4, -0.2) is 44.4 Å². The number of hydrogen-bond acceptors (Lipinski definition) is 9. The lowest BCUT2D eigenvalue weighted by atomic mass is 10.2. The molecule has 0 amide bonds. The van der Waals surface area contributed by atoms with E-state index in [1.54, 1.807) is 6.20 Å². The Morgan fingerprint density at radius 1 is 1.41 bits per heavy atom. The fourth-order valence-electron chi connectivity index (χ4n) is 2.43. The second-order valence-electron chi connectivity index (χ2n) is 5.51. The molecule has 0 spiro atoms. The van der Waals surface area contributed by atoms with Gasteiger partial charge in [0, 0.05) is 35.3 Å². The molecule has 10 heteroatoms. The summed E-state index contributed by atoms with van der Waals surface area (Å²) >= 11 is 0. The first-order chi connectivity index (χ1) is 13.2. The molecule has 10 nitrogen and oxygen atoms in total. The number of aliphatic hydroxyl groups is 1. The lowest BCUT2D eigenvalue weighted by Crippen LogP contribution is -2.05. The molecular weight excluding hydrogens is 346 g/mol. The van der Waals surface area contributed by atoms with E-state index in [0.29, 0.717) is 23.6 Å². The van der Waals surface area contributed by atoms with Crippen molar-refractivity contribution in [3.05, 3.63) is 48.2 Å². The van der Waals surface area contributed by atoms with Crippen molar-refractivity contribution in [2.24, 2.45) is 15.8 Å². The van der Waals surface area contributed by atoms with Crippen molar-refractivity contribution in [3.8, 4) is 0 Å². The first-order valence-electron chi connectivity index (χ1n) is 8.19. The van der Waals surface area contributed by atoms with Crippen LogP contribution in [0.4, 0.5) is 11.6 Å². The summed E-state index contributed by atoms with van der Waals surface area (Å²) in [6.45, 7) is 0.643. The number of fused-ring (bicyclic) bond motifs is 1. The Morgan fingerprint density at radius 3 is 3.04 bits per heavy atom. The number of nitrogens with two attached hydrogens (primary N) is 1. The third-order valence-electron chi connectivity index (χ3n) is 3.69. The van der Waals surface area contributed by atoms with Gasteiger partial charge in [-0.3, -0.25) is 4.99 Å². The van der Waals surface area contributed by atoms with E-state index in [2.05, 4.69) is 35.4 Å². The molecule has 27 heavy (non-hydrogen) atoms. The van der Waals surface area contributed by atoms with E-state index in [1.165, 1.54) is 18.6 Å². The van der Waals surface area contributed by atoms with Gasteiger partial charge >= 0.3 is 0 Å². The number of aromatic amines is 1. The monoisotopic (exact) mass is 365 g/mol. The number of anilines is 1. The Balaban J connectivity index is 1.81. The lowest BCUT2D eigenvalue weighted by molar-refractivity contribution is 0.307. The molecule has 0 bridgehead atoms. The van der Waals surface area contributed by atoms with Crippen molar-refractivity contribution in [2.75, 3.05) is 18.5 Å². The van der Waals surface area contributed by atoms with Crippen LogP contribution < -0.4 is 11.1 Å². The zero-order valence-electron chi connectivity index (χ0n) is 14.4. The minimum Gasteiger partial charge on any atom is -0.404 e. The molecular formula is C17H19N9O. The molecule has 0 aliphatic carbocycles. The number of nitrogens with one attached hydrogen (secondary N) is 3. The molecule has 3 aromatic heterocycles. The van der Waals surface area contributed by atoms with Crippen LogP contribution in [0.2, 0.25) is 0 Å². The third-order valence-corrected chi connectivity index (χ3v) is 3.69. The van der Waals surface area contributed by atoms with Gasteiger partial charge in [0.1, 0.15) is 5.65 Å². The molecule has 138 valence electrons. The van der Waals surface area contributed by atoms with E-state index < -0.39 is 0 Å². The van der Waals surface area contributed by atoms with Crippen molar-refractivity contribution >= 4 is 34.5 Å². The highest BCUT2D eigenvalue weighted by atomic mass is 16.3. The van der Waals surface area contributed by atoms with Gasteiger partial charge in [0.05, 0.1) is 31.6 Å². The van der Waals surface area contributed by atoms with Crippen LogP contribution in [0.3, 0.4) is 0 Å². The molecule has 0 aromatic carbocycles. The summed E-state index contributed by atoms with van der Waals surface area (Å²) in [6.07, 6.45) is 6.07. The van der Waals surface area contributed by atoms with E-state index in [9.17, 15) is 0 Å². The minimum atomic E-state index is -0.0527. The molecule has 0 atom stereocenters. The number of rotatable bonds is 8. The summed E-state index contributed by atoms with van der Waals surface area (Å²) in [5.74, 6) is 0.515. The number of nitrogens with zero attached hydrogens (tertiary/aromatic N) is 5. The number of aliphatic hydroxyl groups excluding tert-OH is 1. The normalized spacial score (nSPS) is 12.0. The fraction of sp³-hybridized carbons (Fsp3) is 0.176. The van der Waals surface area contributed by atoms with Crippen molar-refractivity contribution < 1.29 is 5.11 Å². The number of aliphatic imine (C=N–C) groups is 1. The van der Waals surface area contributed by atoms with E-state index >= 15 is 0 Å². The maximum absolute atomic E-state index is 8.82. The van der Waals surface area contributed by atoms with Crippen LogP contribution in [0.1, 0.15) is 11.4 Å². The SMILES string of the molecule is N=Nc1ncc(C(C=NCCO)=CN)nc1NCc1cc2cccnc2[nH]1. The maximum atomic E-state index is 8.82. The first kappa shape index (κ1) is 18.1. The molecule has 0 unspecified atom stereocenters. The van der Waals surface area contributed by atoms with E-state index in [-0.39, 0.29) is 19.0 Å². The Kier molecular flexibility index (Phi) is 5.80. The van der Waals surface area contributed by atoms with Crippen molar-refractivity contribution in [1.29, 1.82) is 5.53 Å². The summed E-state index contributed by atoms with van der Waals surface area (Å²) in [5, 5.41) is 16.4. The lowest BCUT2D eigenvalue weighted by Gasteiger charge is -2.08. The molecule has 0 saturated carbocycles. The number of hydrogen-bond donors (Lipinski definition) is 5. The number of aromatic nitrogens is 4. The number of pyridine rings is 1. The summed E-state index contributed by atoms with van der Waals surface area (Å²) in [5.41, 5.74) is 15.7. The summed E-state index contributed by atoms with van der Waals surface area (Å²) in [6, 6.07) is 5.83. The smallest absolute Gasteiger partial charge is 0.216 e. The molecule has 3 rings (SSSR count). The van der Waals surface area contributed by atoms with Gasteiger partial charge in [-0.1, -0.05) is 0 Å². The van der Waals surface area contributed by atoms with E-state index in [1.807, 2.05) is 18.2 Å². The molecule has 0 aliphatic heterocycles. The standard InChI is InChI=1S/C17H19N9O/c18-7-12(8-20-4-5-27)14-10-23-17(26-19)16(25-14)22-9-13-6-11-2-1-3-21-15(11)24-13/h1-3,6-8,10,19,27H,4-5,9,18H2,(H,21,24)(H,22,25). The quantitative estimate of drug-likeness (QED) is 0.303. The van der Waals surface area contributed by atoms with Gasteiger partial charge in [-0.25, -0.2) is 20.5 Å². The second kappa shape index (κ2) is 8.63. The van der Waals surface area contributed by atoms with Gasteiger partial charge in [-0.15, -0.1) is 5.11 Å². The van der Waals surface area contributed by atoms with Crippen molar-refractivity contribution in [3.63, 3.8) is 0 Å². The van der Waals surface area contributed by atoms with E-state index in [4.69, 9.17) is 16.4 Å². The second-order valence-corrected chi connectivity index (χ2v) is 5.51. The van der Waals surface area contributed by atoms with Gasteiger partial charge in [0.2, 0.25) is 5.82 Å². The topological polar surface area (TPSA) is 161 Å². The molecule has 0 fully saturated rings. The van der Waals surface area contributed by atoms with Gasteiger partial charge in [-0.05, 0) is 18.2 Å². The molecule has 3 heterocycles. The average molecular weight is 365 g/mol. The number of allylic oxidation sites excluding steroid dienone is 1. The molecule has 0 aliphatic rings. The Hall–Kier alpha value is -3.66. The largest absolute Gasteiger partial charge is 0.404 e. The summed E-state index contributed by atoms with van der Waals surface area (Å²) < 4.78 is 0. The maximum Gasteiger partial charge on any atom is 0.216 e. The predicted molar refractivity (Wildman–Crippen MR) is 103 cm³/mol. The van der Waals surface area contributed by atoms with Crippen LogP contribution in [0.5, 0.6) is 0 Å². The van der Waals surface area contributed by atoms with Gasteiger partial charge < -0.3 is 21.1 Å². The predicted octanol–water partition coefficient (Wildman–Crippen LogP) is 1.99. The zero-order valence-corrected chi connectivity index (χ0v) is 14.4. The van der Waals surface area contributed by atoms with Crippen LogP contribution in [0.25, 0.3) is 16.6 Å². The number of H-pyrrole nitrogens is 1. The average Bonchev–Trinajstić information content (AvgIpc) is 3.12. The molecule has 0 saturated heterocycles. The highest BCUT2D eigenvalue weighted by Gasteiger charge is 2.10. The Bertz CT molecular complexity index is 960. The molecule has 3 aromatic rings. The van der Waals surface area contributed by atoms with E-state index in [0.717, 1.165) is 16.7 Å². The zero-order chi connectivity index (χ0) is 19.1. The van der Waals surface area contributed by atoms with Crippen LogP contribution in [-0.2, 0) is 6.54 Å².